The summed E-state index contributed by atoms with van der Waals surface area (Å²) < 4.78 is 24.3. The standard InChI is InChI=1S/C22H17BrClFN2O6S/c1-2-32-20(29)11-33-17-6-3-13(23)7-12(17)8-18-21(30)27(22(31)34-18)10-19(28)26-14-4-5-16(25)15(24)9-14/h3-9H,2,10-11H2,1H3,(H,26,28)/b18-8+. The van der Waals surface area contributed by atoms with Crippen molar-refractivity contribution < 1.29 is 33.0 Å². The van der Waals surface area contributed by atoms with Crippen LogP contribution in [-0.4, -0.2) is 47.7 Å². The van der Waals surface area contributed by atoms with E-state index in [1.165, 1.54) is 18.2 Å². The molecule has 3 rings (SSSR count). The summed E-state index contributed by atoms with van der Waals surface area (Å²) in [5.41, 5.74) is 0.658. The maximum Gasteiger partial charge on any atom is 0.344 e. The number of hydrogen-bond donors (Lipinski definition) is 1. The number of anilines is 1. The van der Waals surface area contributed by atoms with Crippen LogP contribution in [0.25, 0.3) is 6.08 Å². The fourth-order valence-corrected chi connectivity index (χ4v) is 4.19. The number of nitrogens with zero attached hydrogens (tertiary/aromatic N) is 1. The molecule has 1 saturated heterocycles. The van der Waals surface area contributed by atoms with Crippen molar-refractivity contribution in [3.8, 4) is 5.75 Å². The molecule has 8 nitrogen and oxygen atoms in total. The Hall–Kier alpha value is -2.89. The van der Waals surface area contributed by atoms with Gasteiger partial charge in [-0.3, -0.25) is 19.3 Å². The molecule has 2 aromatic rings. The zero-order valence-corrected chi connectivity index (χ0v) is 20.8. The van der Waals surface area contributed by atoms with Crippen LogP contribution in [0, 0.1) is 5.82 Å². The van der Waals surface area contributed by atoms with E-state index in [1.807, 2.05) is 0 Å². The van der Waals surface area contributed by atoms with Crippen LogP contribution in [0.3, 0.4) is 0 Å². The highest BCUT2D eigenvalue weighted by atomic mass is 79.9. The highest BCUT2D eigenvalue weighted by Gasteiger charge is 2.36. The number of nitrogens with one attached hydrogen (secondary N) is 1. The van der Waals surface area contributed by atoms with Crippen molar-refractivity contribution in [1.82, 2.24) is 4.90 Å². The lowest BCUT2D eigenvalue weighted by atomic mass is 10.2. The van der Waals surface area contributed by atoms with Crippen molar-refractivity contribution in [2.24, 2.45) is 0 Å². The zero-order chi connectivity index (χ0) is 24.8. The van der Waals surface area contributed by atoms with Gasteiger partial charge in [0.2, 0.25) is 5.91 Å². The molecular weight excluding hydrogens is 555 g/mol. The van der Waals surface area contributed by atoms with Gasteiger partial charge in [-0.25, -0.2) is 9.18 Å². The maximum atomic E-state index is 13.3. The molecular formula is C22H17BrClFN2O6S. The summed E-state index contributed by atoms with van der Waals surface area (Å²) in [4.78, 5) is 50.0. The van der Waals surface area contributed by atoms with Gasteiger partial charge in [-0.15, -0.1) is 0 Å². The number of amides is 3. The number of rotatable bonds is 8. The summed E-state index contributed by atoms with van der Waals surface area (Å²) in [5.74, 6) is -2.22. The van der Waals surface area contributed by atoms with E-state index in [0.29, 0.717) is 27.5 Å². The molecule has 0 radical (unpaired) electrons. The van der Waals surface area contributed by atoms with Crippen LogP contribution in [0.5, 0.6) is 5.75 Å². The topological polar surface area (TPSA) is 102 Å². The number of hydrogen-bond acceptors (Lipinski definition) is 7. The van der Waals surface area contributed by atoms with Gasteiger partial charge in [0.25, 0.3) is 11.1 Å². The molecule has 1 aliphatic rings. The second-order valence-corrected chi connectivity index (χ2v) is 9.04. The highest BCUT2D eigenvalue weighted by molar-refractivity contribution is 9.10. The fraction of sp³-hybridized carbons (Fsp3) is 0.182. The minimum atomic E-state index is -0.668. The molecule has 0 unspecified atom stereocenters. The number of imide groups is 1. The summed E-state index contributed by atoms with van der Waals surface area (Å²) in [6.45, 7) is 1.02. The minimum Gasteiger partial charge on any atom is -0.481 e. The number of ether oxygens (including phenoxy) is 2. The molecule has 1 heterocycles. The first-order valence-electron chi connectivity index (χ1n) is 9.76. The Kier molecular flexibility index (Phi) is 8.70. The van der Waals surface area contributed by atoms with Crippen LogP contribution in [0.2, 0.25) is 5.02 Å². The van der Waals surface area contributed by atoms with Crippen LogP contribution in [0.4, 0.5) is 14.9 Å². The van der Waals surface area contributed by atoms with E-state index in [0.717, 1.165) is 11.0 Å². The number of thioether (sulfide) groups is 1. The smallest absolute Gasteiger partial charge is 0.344 e. The summed E-state index contributed by atoms with van der Waals surface area (Å²) in [7, 11) is 0. The Morgan fingerprint density at radius 3 is 2.71 bits per heavy atom. The third-order valence-electron chi connectivity index (χ3n) is 4.29. The summed E-state index contributed by atoms with van der Waals surface area (Å²) in [6, 6.07) is 8.54. The van der Waals surface area contributed by atoms with Crippen molar-refractivity contribution in [3.63, 3.8) is 0 Å². The van der Waals surface area contributed by atoms with Crippen LogP contribution in [0.1, 0.15) is 12.5 Å². The van der Waals surface area contributed by atoms with E-state index in [1.54, 1.807) is 25.1 Å². The average molecular weight is 572 g/mol. The first-order valence-corrected chi connectivity index (χ1v) is 11.7. The largest absolute Gasteiger partial charge is 0.481 e. The number of carbonyl (C=O) groups excluding carboxylic acids is 4. The molecule has 0 aliphatic carbocycles. The van der Waals surface area contributed by atoms with Gasteiger partial charge in [0.05, 0.1) is 16.5 Å². The van der Waals surface area contributed by atoms with Gasteiger partial charge in [0, 0.05) is 15.7 Å². The Labute approximate surface area is 211 Å². The predicted octanol–water partition coefficient (Wildman–Crippen LogP) is 4.86. The first-order chi connectivity index (χ1) is 16.2. The molecule has 34 heavy (non-hydrogen) atoms. The van der Waals surface area contributed by atoms with Crippen molar-refractivity contribution in [2.45, 2.75) is 6.92 Å². The minimum absolute atomic E-state index is 0.0710. The summed E-state index contributed by atoms with van der Waals surface area (Å²) in [5, 5.41) is 1.65. The van der Waals surface area contributed by atoms with Crippen molar-refractivity contribution in [3.05, 3.63) is 62.2 Å². The molecule has 0 bridgehead atoms. The summed E-state index contributed by atoms with van der Waals surface area (Å²) in [6.07, 6.45) is 1.44. The van der Waals surface area contributed by atoms with E-state index in [4.69, 9.17) is 21.1 Å². The molecule has 1 fully saturated rings. The lowest BCUT2D eigenvalue weighted by Crippen LogP contribution is -2.36. The van der Waals surface area contributed by atoms with Gasteiger partial charge in [0.15, 0.2) is 6.61 Å². The monoisotopic (exact) mass is 570 g/mol. The van der Waals surface area contributed by atoms with E-state index in [-0.39, 0.29) is 28.8 Å². The molecule has 1 aliphatic heterocycles. The molecule has 0 aromatic heterocycles. The van der Waals surface area contributed by atoms with Crippen molar-refractivity contribution >= 4 is 74.1 Å². The Bertz CT molecular complexity index is 1190. The second-order valence-electron chi connectivity index (χ2n) is 6.72. The highest BCUT2D eigenvalue weighted by Crippen LogP contribution is 2.35. The second kappa shape index (κ2) is 11.5. The first kappa shape index (κ1) is 25.7. The Balaban J connectivity index is 1.73. The molecule has 178 valence electrons. The molecule has 12 heteroatoms. The summed E-state index contributed by atoms with van der Waals surface area (Å²) >= 11 is 9.69. The molecule has 3 amide bonds. The number of halogens is 3. The lowest BCUT2D eigenvalue weighted by molar-refractivity contribution is -0.145. The van der Waals surface area contributed by atoms with Crippen LogP contribution < -0.4 is 10.1 Å². The van der Waals surface area contributed by atoms with Gasteiger partial charge < -0.3 is 14.8 Å². The van der Waals surface area contributed by atoms with Crippen LogP contribution in [-0.2, 0) is 19.1 Å². The van der Waals surface area contributed by atoms with Crippen molar-refractivity contribution in [2.75, 3.05) is 25.1 Å². The molecule has 2 aromatic carbocycles. The number of carbonyl (C=O) groups is 4. The molecule has 0 atom stereocenters. The maximum absolute atomic E-state index is 13.3. The molecule has 0 spiro atoms. The quantitative estimate of drug-likeness (QED) is 0.357. The van der Waals surface area contributed by atoms with Gasteiger partial charge in [-0.1, -0.05) is 27.5 Å². The van der Waals surface area contributed by atoms with Crippen LogP contribution in [0.15, 0.2) is 45.8 Å². The molecule has 1 N–H and O–H groups in total. The fourth-order valence-electron chi connectivity index (χ4n) is 2.80. The van der Waals surface area contributed by atoms with E-state index in [9.17, 15) is 23.6 Å². The number of esters is 1. The third-order valence-corrected chi connectivity index (χ3v) is 5.98. The van der Waals surface area contributed by atoms with E-state index >= 15 is 0 Å². The Morgan fingerprint density at radius 1 is 1.24 bits per heavy atom. The third kappa shape index (κ3) is 6.58. The van der Waals surface area contributed by atoms with Gasteiger partial charge in [-0.2, -0.15) is 0 Å². The average Bonchev–Trinajstić information content (AvgIpc) is 3.03. The Morgan fingerprint density at radius 2 is 2.00 bits per heavy atom. The lowest BCUT2D eigenvalue weighted by Gasteiger charge is -2.13. The van der Waals surface area contributed by atoms with E-state index < -0.39 is 35.4 Å². The van der Waals surface area contributed by atoms with Crippen molar-refractivity contribution in [1.29, 1.82) is 0 Å². The normalized spacial score (nSPS) is 14.5. The van der Waals surface area contributed by atoms with Gasteiger partial charge in [0.1, 0.15) is 18.1 Å². The number of benzene rings is 2. The van der Waals surface area contributed by atoms with Gasteiger partial charge in [-0.05, 0) is 61.2 Å². The molecule has 0 saturated carbocycles. The zero-order valence-electron chi connectivity index (χ0n) is 17.6. The van der Waals surface area contributed by atoms with Crippen LogP contribution >= 0.6 is 39.3 Å². The van der Waals surface area contributed by atoms with E-state index in [2.05, 4.69) is 21.2 Å². The van der Waals surface area contributed by atoms with Gasteiger partial charge >= 0.3 is 5.97 Å². The predicted molar refractivity (Wildman–Crippen MR) is 129 cm³/mol. The SMILES string of the molecule is CCOC(=O)COc1ccc(Br)cc1/C=C1/SC(=O)N(CC(=O)Nc2ccc(F)c(Cl)c2)C1=O.